The van der Waals surface area contributed by atoms with Crippen molar-refractivity contribution in [2.75, 3.05) is 39.3 Å². The zero-order chi connectivity index (χ0) is 11.5. The summed E-state index contributed by atoms with van der Waals surface area (Å²) in [7, 11) is -0.811. The molecule has 15 heavy (non-hydrogen) atoms. The summed E-state index contributed by atoms with van der Waals surface area (Å²) in [6, 6.07) is 0. The molecule has 1 fully saturated rings. The first kappa shape index (κ1) is 13.4. The molecule has 1 saturated heterocycles. The largest absolute Gasteiger partial charge is 0.379 e. The van der Waals surface area contributed by atoms with Gasteiger partial charge >= 0.3 is 0 Å². The van der Waals surface area contributed by atoms with Gasteiger partial charge in [-0.15, -0.1) is 0 Å². The third kappa shape index (κ3) is 3.41. The standard InChI is InChI=1S/C12H27NOP/c1-11(2)15(5,12(3)4)10-13-6-8-14-9-7-13/h11-12H,6-10H2,1-5H3/q+1. The molecule has 0 aromatic carbocycles. The third-order valence-electron chi connectivity index (χ3n) is 3.97. The van der Waals surface area contributed by atoms with Crippen LogP contribution < -0.4 is 0 Å². The highest BCUT2D eigenvalue weighted by Crippen LogP contribution is 2.63. The van der Waals surface area contributed by atoms with Gasteiger partial charge in [0.1, 0.15) is 6.29 Å². The molecule has 0 atom stereocenters. The molecule has 0 aromatic rings. The zero-order valence-corrected chi connectivity index (χ0v) is 11.9. The lowest BCUT2D eigenvalue weighted by Crippen LogP contribution is -2.39. The summed E-state index contributed by atoms with van der Waals surface area (Å²) >= 11 is 0. The van der Waals surface area contributed by atoms with Gasteiger partial charge in [0.2, 0.25) is 0 Å². The van der Waals surface area contributed by atoms with Gasteiger partial charge in [0.25, 0.3) is 0 Å². The normalized spacial score (nSPS) is 20.2. The Morgan fingerprint density at radius 3 is 1.93 bits per heavy atom. The molecule has 0 unspecified atom stereocenters. The summed E-state index contributed by atoms with van der Waals surface area (Å²) in [6.45, 7) is 16.2. The quantitative estimate of drug-likeness (QED) is 0.691. The van der Waals surface area contributed by atoms with Gasteiger partial charge in [-0.05, 0) is 27.7 Å². The summed E-state index contributed by atoms with van der Waals surface area (Å²) in [5, 5.41) is 0. The van der Waals surface area contributed by atoms with Crippen molar-refractivity contribution in [3.8, 4) is 0 Å². The van der Waals surface area contributed by atoms with Crippen molar-refractivity contribution in [3.05, 3.63) is 0 Å². The maximum Gasteiger partial charge on any atom is 0.112 e. The first-order valence-electron chi connectivity index (χ1n) is 6.12. The third-order valence-corrected chi connectivity index (χ3v) is 9.70. The van der Waals surface area contributed by atoms with Gasteiger partial charge in [0.05, 0.1) is 31.2 Å². The van der Waals surface area contributed by atoms with Gasteiger partial charge in [-0.1, -0.05) is 0 Å². The van der Waals surface area contributed by atoms with Crippen molar-refractivity contribution >= 4 is 7.26 Å². The van der Waals surface area contributed by atoms with Crippen molar-refractivity contribution in [2.24, 2.45) is 0 Å². The Morgan fingerprint density at radius 2 is 1.53 bits per heavy atom. The Morgan fingerprint density at radius 1 is 1.07 bits per heavy atom. The second kappa shape index (κ2) is 5.61. The number of morpholine rings is 1. The molecule has 0 spiro atoms. The molecule has 0 saturated carbocycles. The molecule has 0 aliphatic carbocycles. The molecule has 3 heteroatoms. The smallest absolute Gasteiger partial charge is 0.112 e. The molecule has 0 amide bonds. The van der Waals surface area contributed by atoms with Crippen molar-refractivity contribution < 1.29 is 4.74 Å². The van der Waals surface area contributed by atoms with Gasteiger partial charge < -0.3 is 4.74 Å². The van der Waals surface area contributed by atoms with Crippen molar-refractivity contribution in [1.29, 1.82) is 0 Å². The molecule has 0 radical (unpaired) electrons. The molecule has 0 N–H and O–H groups in total. The second-order valence-electron chi connectivity index (χ2n) is 5.41. The summed E-state index contributed by atoms with van der Waals surface area (Å²) in [4.78, 5) is 2.61. The summed E-state index contributed by atoms with van der Waals surface area (Å²) in [5.74, 6) is 0. The molecule has 0 bridgehead atoms. The molecule has 1 aliphatic heterocycles. The highest BCUT2D eigenvalue weighted by molar-refractivity contribution is 7.76. The van der Waals surface area contributed by atoms with E-state index in [1.165, 1.54) is 6.29 Å². The van der Waals surface area contributed by atoms with Crippen LogP contribution in [0.4, 0.5) is 0 Å². The number of rotatable bonds is 4. The van der Waals surface area contributed by atoms with Crippen molar-refractivity contribution in [2.45, 2.75) is 39.0 Å². The lowest BCUT2D eigenvalue weighted by atomic mass is 10.5. The van der Waals surface area contributed by atoms with Crippen LogP contribution in [0.15, 0.2) is 0 Å². The predicted molar refractivity (Wildman–Crippen MR) is 70.4 cm³/mol. The number of hydrogen-bond donors (Lipinski definition) is 0. The van der Waals surface area contributed by atoms with Gasteiger partial charge in [-0.25, -0.2) is 0 Å². The number of nitrogens with zero attached hydrogens (tertiary/aromatic N) is 1. The van der Waals surface area contributed by atoms with Gasteiger partial charge in [0, 0.05) is 20.4 Å². The topological polar surface area (TPSA) is 12.5 Å². The molecule has 0 aromatic heterocycles. The number of hydrogen-bond acceptors (Lipinski definition) is 2. The van der Waals surface area contributed by atoms with Crippen LogP contribution in [0.25, 0.3) is 0 Å². The maximum absolute atomic E-state index is 5.41. The van der Waals surface area contributed by atoms with E-state index in [0.29, 0.717) is 0 Å². The minimum atomic E-state index is -0.811. The molecular weight excluding hydrogens is 205 g/mol. The van der Waals surface area contributed by atoms with Crippen molar-refractivity contribution in [3.63, 3.8) is 0 Å². The van der Waals surface area contributed by atoms with Crippen LogP contribution in [-0.4, -0.2) is 55.5 Å². The Labute approximate surface area is 95.7 Å². The van der Waals surface area contributed by atoms with E-state index >= 15 is 0 Å². The summed E-state index contributed by atoms with van der Waals surface area (Å²) in [5.41, 5.74) is 1.70. The predicted octanol–water partition coefficient (Wildman–Crippen LogP) is 2.74. The fourth-order valence-corrected chi connectivity index (χ4v) is 5.09. The van der Waals surface area contributed by atoms with Gasteiger partial charge in [-0.2, -0.15) is 0 Å². The first-order chi connectivity index (χ1) is 6.97. The van der Waals surface area contributed by atoms with Crippen LogP contribution in [0.2, 0.25) is 0 Å². The highest BCUT2D eigenvalue weighted by atomic mass is 31.2. The van der Waals surface area contributed by atoms with Gasteiger partial charge in [-0.3, -0.25) is 4.90 Å². The fraction of sp³-hybridized carbons (Fsp3) is 1.00. The van der Waals surface area contributed by atoms with E-state index in [2.05, 4.69) is 39.3 Å². The first-order valence-corrected chi connectivity index (χ1v) is 8.67. The van der Waals surface area contributed by atoms with Gasteiger partial charge in [0.15, 0.2) is 0 Å². The van der Waals surface area contributed by atoms with Crippen LogP contribution >= 0.6 is 7.26 Å². The molecule has 2 nitrogen and oxygen atoms in total. The van der Waals surface area contributed by atoms with Crippen LogP contribution in [-0.2, 0) is 4.74 Å². The molecule has 1 aliphatic rings. The monoisotopic (exact) mass is 232 g/mol. The second-order valence-corrected chi connectivity index (χ2v) is 10.4. The SMILES string of the molecule is CC(C)[P+](C)(CN1CCOCC1)C(C)C. The van der Waals surface area contributed by atoms with E-state index in [0.717, 1.165) is 37.6 Å². The highest BCUT2D eigenvalue weighted by Gasteiger charge is 2.40. The molecule has 1 rings (SSSR count). The van der Waals surface area contributed by atoms with Crippen LogP contribution in [0, 0.1) is 0 Å². The number of ether oxygens (including phenoxy) is 1. The van der Waals surface area contributed by atoms with E-state index in [1.807, 2.05) is 0 Å². The maximum atomic E-state index is 5.41. The van der Waals surface area contributed by atoms with E-state index in [1.54, 1.807) is 0 Å². The van der Waals surface area contributed by atoms with Crippen LogP contribution in [0.3, 0.4) is 0 Å². The van der Waals surface area contributed by atoms with E-state index in [4.69, 9.17) is 4.74 Å². The zero-order valence-electron chi connectivity index (χ0n) is 11.0. The lowest BCUT2D eigenvalue weighted by Gasteiger charge is -2.37. The lowest BCUT2D eigenvalue weighted by molar-refractivity contribution is 0.0464. The molecular formula is C12H27NOP+. The summed E-state index contributed by atoms with van der Waals surface area (Å²) in [6.07, 6.45) is 1.33. The minimum Gasteiger partial charge on any atom is -0.379 e. The van der Waals surface area contributed by atoms with E-state index < -0.39 is 7.26 Å². The molecule has 90 valence electrons. The van der Waals surface area contributed by atoms with Crippen LogP contribution in [0.1, 0.15) is 27.7 Å². The Balaban J connectivity index is 2.57. The fourth-order valence-electron chi connectivity index (χ4n) is 2.10. The van der Waals surface area contributed by atoms with Crippen molar-refractivity contribution in [1.82, 2.24) is 4.90 Å². The van der Waals surface area contributed by atoms with E-state index in [-0.39, 0.29) is 0 Å². The minimum absolute atomic E-state index is 0.811. The molecule has 1 heterocycles. The van der Waals surface area contributed by atoms with Crippen LogP contribution in [0.5, 0.6) is 0 Å². The average molecular weight is 232 g/mol. The summed E-state index contributed by atoms with van der Waals surface area (Å²) < 4.78 is 5.41. The Hall–Kier alpha value is 0.350. The Kier molecular flexibility index (Phi) is 5.02. The van der Waals surface area contributed by atoms with E-state index in [9.17, 15) is 0 Å². The Bertz CT molecular complexity index is 180. The average Bonchev–Trinajstić information content (AvgIpc) is 2.18.